The summed E-state index contributed by atoms with van der Waals surface area (Å²) < 4.78 is 5.72. The van der Waals surface area contributed by atoms with E-state index in [1.54, 1.807) is 36.7 Å². The van der Waals surface area contributed by atoms with Crippen LogP contribution >= 0.6 is 11.3 Å². The number of ether oxygens (including phenoxy) is 1. The molecule has 1 aliphatic heterocycles. The van der Waals surface area contributed by atoms with E-state index in [1.165, 1.54) is 16.2 Å². The summed E-state index contributed by atoms with van der Waals surface area (Å²) in [5.41, 5.74) is 2.24. The molecule has 1 saturated heterocycles. The van der Waals surface area contributed by atoms with Crippen molar-refractivity contribution in [1.82, 2.24) is 9.88 Å². The van der Waals surface area contributed by atoms with Gasteiger partial charge in [-0.2, -0.15) is 0 Å². The molecule has 3 aromatic rings. The van der Waals surface area contributed by atoms with Crippen LogP contribution in [0.4, 0.5) is 0 Å². The fourth-order valence-corrected chi connectivity index (χ4v) is 4.65. The van der Waals surface area contributed by atoms with E-state index in [9.17, 15) is 14.7 Å². The number of likely N-dealkylation sites (tertiary alicyclic amines) is 1. The first-order valence-corrected chi connectivity index (χ1v) is 11.3. The molecule has 1 fully saturated rings. The maximum absolute atomic E-state index is 13.1. The lowest BCUT2D eigenvalue weighted by Gasteiger charge is -2.24. The Morgan fingerprint density at radius 2 is 2.06 bits per heavy atom. The number of thiophene rings is 1. The topological polar surface area (TPSA) is 79.7 Å². The molecule has 1 amide bonds. The zero-order valence-electron chi connectivity index (χ0n) is 17.9. The third kappa shape index (κ3) is 4.16. The largest absolute Gasteiger partial charge is 0.507 e. The van der Waals surface area contributed by atoms with E-state index in [0.29, 0.717) is 12.2 Å². The Kier molecular flexibility index (Phi) is 6.37. The Labute approximate surface area is 190 Å². The summed E-state index contributed by atoms with van der Waals surface area (Å²) in [6.07, 6.45) is 4.22. The van der Waals surface area contributed by atoms with Gasteiger partial charge in [0.25, 0.3) is 11.7 Å². The Morgan fingerprint density at radius 3 is 2.72 bits per heavy atom. The average Bonchev–Trinajstić information content (AvgIpc) is 3.41. The Morgan fingerprint density at radius 1 is 1.22 bits per heavy atom. The number of hydrogen-bond acceptors (Lipinski definition) is 6. The minimum atomic E-state index is -0.686. The number of carbonyl (C=O) groups excluding carboxylic acids is 2. The van der Waals surface area contributed by atoms with Gasteiger partial charge in [0.15, 0.2) is 0 Å². The van der Waals surface area contributed by atoms with Gasteiger partial charge in [-0.15, -0.1) is 11.3 Å². The third-order valence-electron chi connectivity index (χ3n) is 5.34. The summed E-state index contributed by atoms with van der Waals surface area (Å²) in [4.78, 5) is 32.5. The molecule has 1 aliphatic rings. The molecule has 0 saturated carbocycles. The van der Waals surface area contributed by atoms with Gasteiger partial charge in [-0.3, -0.25) is 14.6 Å². The second-order valence-electron chi connectivity index (χ2n) is 7.63. The Balaban J connectivity index is 1.77. The van der Waals surface area contributed by atoms with Gasteiger partial charge in [-0.05, 0) is 60.2 Å². The Hall–Kier alpha value is -3.45. The lowest BCUT2D eigenvalue weighted by molar-refractivity contribution is -0.140. The zero-order chi connectivity index (χ0) is 22.7. The van der Waals surface area contributed by atoms with Crippen LogP contribution in [0.2, 0.25) is 0 Å². The first-order chi connectivity index (χ1) is 15.5. The van der Waals surface area contributed by atoms with Gasteiger partial charge < -0.3 is 14.7 Å². The minimum Gasteiger partial charge on any atom is -0.507 e. The number of carbonyl (C=O) groups is 2. The SMILES string of the molecule is CCCOc1ccc(/C(O)=C2/C(=O)C(=O)N(Cc3cccnc3)C2c2cccs2)cc1C. The highest BCUT2D eigenvalue weighted by Gasteiger charge is 2.46. The smallest absolute Gasteiger partial charge is 0.295 e. The molecule has 164 valence electrons. The maximum atomic E-state index is 13.1. The van der Waals surface area contributed by atoms with Crippen LogP contribution in [0.25, 0.3) is 5.76 Å². The molecule has 7 heteroatoms. The molecule has 32 heavy (non-hydrogen) atoms. The van der Waals surface area contributed by atoms with Crippen LogP contribution < -0.4 is 4.74 Å². The lowest BCUT2D eigenvalue weighted by Crippen LogP contribution is -2.28. The van der Waals surface area contributed by atoms with Crippen molar-refractivity contribution < 1.29 is 19.4 Å². The molecule has 0 bridgehead atoms. The highest BCUT2D eigenvalue weighted by atomic mass is 32.1. The van der Waals surface area contributed by atoms with Crippen LogP contribution in [0.5, 0.6) is 5.75 Å². The van der Waals surface area contributed by atoms with Gasteiger partial charge >= 0.3 is 0 Å². The van der Waals surface area contributed by atoms with E-state index in [2.05, 4.69) is 4.98 Å². The quantitative estimate of drug-likeness (QED) is 0.317. The molecule has 1 N–H and O–H groups in total. The average molecular weight is 449 g/mol. The second kappa shape index (κ2) is 9.36. The van der Waals surface area contributed by atoms with Crippen molar-refractivity contribution in [3.63, 3.8) is 0 Å². The van der Waals surface area contributed by atoms with Crippen molar-refractivity contribution in [2.24, 2.45) is 0 Å². The minimum absolute atomic E-state index is 0.1000. The molecule has 1 unspecified atom stereocenters. The number of Topliss-reactive ketones (excluding diaryl/α,β-unsaturated/α-hetero) is 1. The number of pyridine rings is 1. The monoisotopic (exact) mass is 448 g/mol. The number of aliphatic hydroxyl groups is 1. The summed E-state index contributed by atoms with van der Waals surface area (Å²) >= 11 is 1.44. The third-order valence-corrected chi connectivity index (χ3v) is 6.26. The number of aliphatic hydroxyl groups excluding tert-OH is 1. The van der Waals surface area contributed by atoms with Crippen LogP contribution in [0.3, 0.4) is 0 Å². The van der Waals surface area contributed by atoms with Gasteiger partial charge in [-0.1, -0.05) is 19.1 Å². The first kappa shape index (κ1) is 21.8. The molecular formula is C25H24N2O4S. The summed E-state index contributed by atoms with van der Waals surface area (Å²) in [6, 6.07) is 12.0. The fraction of sp³-hybridized carbons (Fsp3) is 0.240. The second-order valence-corrected chi connectivity index (χ2v) is 8.61. The predicted molar refractivity (Wildman–Crippen MR) is 123 cm³/mol. The molecule has 1 aromatic carbocycles. The highest BCUT2D eigenvalue weighted by molar-refractivity contribution is 7.10. The van der Waals surface area contributed by atoms with E-state index >= 15 is 0 Å². The van der Waals surface area contributed by atoms with Crippen molar-refractivity contribution in [1.29, 1.82) is 0 Å². The zero-order valence-corrected chi connectivity index (χ0v) is 18.8. The van der Waals surface area contributed by atoms with Crippen LogP contribution in [0.1, 0.15) is 41.0 Å². The van der Waals surface area contributed by atoms with Gasteiger partial charge in [0, 0.05) is 29.4 Å². The van der Waals surface area contributed by atoms with Gasteiger partial charge in [0.1, 0.15) is 11.5 Å². The molecule has 3 heterocycles. The van der Waals surface area contributed by atoms with E-state index in [4.69, 9.17) is 4.74 Å². The van der Waals surface area contributed by atoms with Gasteiger partial charge in [-0.25, -0.2) is 0 Å². The van der Waals surface area contributed by atoms with Crippen LogP contribution in [-0.2, 0) is 16.1 Å². The number of aromatic nitrogens is 1. The predicted octanol–water partition coefficient (Wildman–Crippen LogP) is 4.86. The van der Waals surface area contributed by atoms with E-state index < -0.39 is 17.7 Å². The first-order valence-electron chi connectivity index (χ1n) is 10.5. The molecule has 0 radical (unpaired) electrons. The number of aryl methyl sites for hydroxylation is 1. The number of benzene rings is 1. The lowest BCUT2D eigenvalue weighted by atomic mass is 9.98. The standard InChI is InChI=1S/C25H24N2O4S/c1-3-11-31-19-9-8-18(13-16(19)2)23(28)21-22(20-7-5-12-32-20)27(25(30)24(21)29)15-17-6-4-10-26-14-17/h4-10,12-14,22,28H,3,11,15H2,1-2H3/b23-21-. The van der Waals surface area contributed by atoms with Gasteiger partial charge in [0.2, 0.25) is 0 Å². The maximum Gasteiger partial charge on any atom is 0.295 e. The van der Waals surface area contributed by atoms with E-state index in [-0.39, 0.29) is 17.9 Å². The van der Waals surface area contributed by atoms with Crippen molar-refractivity contribution in [2.45, 2.75) is 32.9 Å². The van der Waals surface area contributed by atoms with Crippen LogP contribution in [0, 0.1) is 6.92 Å². The molecule has 2 aromatic heterocycles. The molecular weight excluding hydrogens is 424 g/mol. The normalized spacial score (nSPS) is 17.7. The molecule has 4 rings (SSSR count). The molecule has 6 nitrogen and oxygen atoms in total. The molecule has 0 aliphatic carbocycles. The van der Waals surface area contributed by atoms with Crippen molar-refractivity contribution in [3.8, 4) is 5.75 Å². The van der Waals surface area contributed by atoms with Gasteiger partial charge in [0.05, 0.1) is 18.2 Å². The number of rotatable bonds is 7. The Bertz CT molecular complexity index is 1160. The summed E-state index contributed by atoms with van der Waals surface area (Å²) in [5, 5.41) is 13.1. The molecule has 1 atom stereocenters. The fourth-order valence-electron chi connectivity index (χ4n) is 3.80. The van der Waals surface area contributed by atoms with E-state index in [1.807, 2.05) is 37.4 Å². The van der Waals surface area contributed by atoms with Crippen molar-refractivity contribution in [3.05, 3.63) is 87.4 Å². The summed E-state index contributed by atoms with van der Waals surface area (Å²) in [6.45, 7) is 4.74. The van der Waals surface area contributed by atoms with Crippen molar-refractivity contribution in [2.75, 3.05) is 6.61 Å². The number of nitrogens with zero attached hydrogens (tertiary/aromatic N) is 2. The summed E-state index contributed by atoms with van der Waals surface area (Å²) in [5.74, 6) is -0.766. The highest BCUT2D eigenvalue weighted by Crippen LogP contribution is 2.42. The summed E-state index contributed by atoms with van der Waals surface area (Å²) in [7, 11) is 0. The van der Waals surface area contributed by atoms with Crippen molar-refractivity contribution >= 4 is 28.8 Å². The van der Waals surface area contributed by atoms with Crippen LogP contribution in [-0.4, -0.2) is 33.3 Å². The molecule has 0 spiro atoms. The van der Waals surface area contributed by atoms with E-state index in [0.717, 1.165) is 28.2 Å². The number of ketones is 1. The number of amides is 1. The van der Waals surface area contributed by atoms with Crippen LogP contribution in [0.15, 0.2) is 65.8 Å². The number of hydrogen-bond donors (Lipinski definition) is 1.